The second kappa shape index (κ2) is 17.7. The van der Waals surface area contributed by atoms with Crippen LogP contribution in [0, 0.1) is 0 Å². The fraction of sp³-hybridized carbons (Fsp3) is 0.294. The van der Waals surface area contributed by atoms with Crippen molar-refractivity contribution < 1.29 is 43.2 Å². The maximum Gasteiger partial charge on any atom is 0.338 e. The second-order valence-corrected chi connectivity index (χ2v) is 12.2. The van der Waals surface area contributed by atoms with E-state index < -0.39 is 24.3 Å². The first-order valence-electron chi connectivity index (χ1n) is 15.1. The molecule has 3 aromatic carbocycles. The smallest absolute Gasteiger partial charge is 0.338 e. The van der Waals surface area contributed by atoms with E-state index in [1.54, 1.807) is 69.3 Å². The minimum Gasteiger partial charge on any atom is -0.490 e. The van der Waals surface area contributed by atoms with Gasteiger partial charge in [0.1, 0.15) is 19.0 Å². The predicted molar refractivity (Wildman–Crippen MR) is 188 cm³/mol. The Bertz CT molecular complexity index is 1730. The molecule has 2 amide bonds. The van der Waals surface area contributed by atoms with Gasteiger partial charge in [-0.25, -0.2) is 14.4 Å². The van der Waals surface area contributed by atoms with E-state index in [2.05, 4.69) is 53.0 Å². The number of hydrogen-bond donors (Lipinski definition) is 4. The van der Waals surface area contributed by atoms with Crippen LogP contribution in [0.2, 0.25) is 0 Å². The highest BCUT2D eigenvalue weighted by Crippen LogP contribution is 2.35. The van der Waals surface area contributed by atoms with Crippen LogP contribution in [0.25, 0.3) is 0 Å². The molecule has 1 heterocycles. The summed E-state index contributed by atoms with van der Waals surface area (Å²) in [6, 6.07) is 14.3. The van der Waals surface area contributed by atoms with Crippen molar-refractivity contribution in [2.75, 3.05) is 26.9 Å². The zero-order valence-electron chi connectivity index (χ0n) is 27.2. The summed E-state index contributed by atoms with van der Waals surface area (Å²) in [6.07, 6.45) is 0.295. The first-order chi connectivity index (χ1) is 23.5. The maximum absolute atomic E-state index is 12.5. The quantitative estimate of drug-likeness (QED) is 0.0669. The molecule has 13 nitrogen and oxygen atoms in total. The summed E-state index contributed by atoms with van der Waals surface area (Å²) < 4.78 is 29.1. The molecule has 1 aliphatic rings. The predicted octanol–water partition coefficient (Wildman–Crippen LogP) is 5.49. The van der Waals surface area contributed by atoms with E-state index in [-0.39, 0.29) is 24.8 Å². The van der Waals surface area contributed by atoms with Crippen LogP contribution in [-0.4, -0.2) is 62.4 Å². The number of allylic oxidation sites excluding steroid dienone is 1. The Hall–Kier alpha value is -4.60. The lowest BCUT2D eigenvalue weighted by Crippen LogP contribution is -2.45. The fourth-order valence-corrected chi connectivity index (χ4v) is 6.12. The third-order valence-corrected chi connectivity index (χ3v) is 8.03. The molecule has 0 spiro atoms. The Balaban J connectivity index is 1.40. The molecule has 15 heteroatoms. The highest BCUT2D eigenvalue weighted by molar-refractivity contribution is 9.11. The Labute approximate surface area is 300 Å². The van der Waals surface area contributed by atoms with Gasteiger partial charge < -0.3 is 39.4 Å². The summed E-state index contributed by atoms with van der Waals surface area (Å²) in [4.78, 5) is 36.6. The molecule has 0 radical (unpaired) electrons. The molecule has 0 saturated heterocycles. The van der Waals surface area contributed by atoms with Crippen LogP contribution in [0.3, 0.4) is 0 Å². The van der Waals surface area contributed by atoms with Gasteiger partial charge in [-0.1, -0.05) is 34.1 Å². The van der Waals surface area contributed by atoms with Gasteiger partial charge in [-0.2, -0.15) is 5.10 Å². The van der Waals surface area contributed by atoms with Crippen LogP contribution in [0.4, 0.5) is 4.79 Å². The number of nitrogens with zero attached hydrogens (tertiary/aromatic N) is 1. The molecule has 1 aliphatic heterocycles. The van der Waals surface area contributed by atoms with Crippen LogP contribution in [0.5, 0.6) is 17.2 Å². The van der Waals surface area contributed by atoms with Gasteiger partial charge >= 0.3 is 18.0 Å². The van der Waals surface area contributed by atoms with Crippen LogP contribution in [0.1, 0.15) is 53.9 Å². The molecule has 2 atom stereocenters. The number of esters is 2. The molecule has 0 aliphatic carbocycles. The van der Waals surface area contributed by atoms with Gasteiger partial charge in [0, 0.05) is 15.7 Å². The number of benzene rings is 3. The van der Waals surface area contributed by atoms with Gasteiger partial charge in [0.2, 0.25) is 0 Å². The lowest BCUT2D eigenvalue weighted by Gasteiger charge is -2.28. The van der Waals surface area contributed by atoms with Crippen LogP contribution < -0.4 is 30.3 Å². The Morgan fingerprint density at radius 2 is 1.76 bits per heavy atom. The fourth-order valence-electron chi connectivity index (χ4n) is 4.75. The average Bonchev–Trinajstić information content (AvgIpc) is 3.07. The number of hydrazone groups is 1. The average molecular weight is 804 g/mol. The van der Waals surface area contributed by atoms with Crippen LogP contribution >= 0.6 is 31.9 Å². The molecule has 3 aromatic rings. The number of urea groups is 1. The van der Waals surface area contributed by atoms with Gasteiger partial charge in [0.15, 0.2) is 17.7 Å². The standard InChI is InChI=1S/C34H36Br2N4O9/c1-5-46-27-14-22(30-29(33(43)45-4)19(3)38-34(44)39-30)11-12-26(27)48-18-28(41)40-37-16-23-13-24(35)15-25(36)31(23)49-17-20-7-9-21(10-8-20)32(42)47-6-2/h7-16,28,30,40-41H,5-6,17-18H2,1-4H3,(H2,38,39,44)/b37-16+/t28-,30-/m1/s1. The van der Waals surface area contributed by atoms with Crippen molar-refractivity contribution in [3.63, 3.8) is 0 Å². The second-order valence-electron chi connectivity index (χ2n) is 10.4. The molecule has 49 heavy (non-hydrogen) atoms. The first kappa shape index (κ1) is 37.2. The minimum absolute atomic E-state index is 0.194. The summed E-state index contributed by atoms with van der Waals surface area (Å²) in [5, 5.41) is 20.1. The molecular formula is C34H36Br2N4O9. The molecule has 260 valence electrons. The number of carbonyl (C=O) groups is 3. The van der Waals surface area contributed by atoms with Crippen LogP contribution in [0.15, 0.2) is 79.9 Å². The highest BCUT2D eigenvalue weighted by atomic mass is 79.9. The topological polar surface area (TPSA) is 166 Å². The number of hydrogen-bond acceptors (Lipinski definition) is 11. The minimum atomic E-state index is -1.21. The van der Waals surface area contributed by atoms with E-state index in [0.29, 0.717) is 57.3 Å². The number of nitrogens with one attached hydrogen (secondary N) is 3. The number of amides is 2. The summed E-state index contributed by atoms with van der Waals surface area (Å²) >= 11 is 7.01. The molecule has 4 N–H and O–H groups in total. The van der Waals surface area contributed by atoms with E-state index >= 15 is 0 Å². The van der Waals surface area contributed by atoms with Crippen LogP contribution in [-0.2, 0) is 20.9 Å². The summed E-state index contributed by atoms with van der Waals surface area (Å²) in [5.41, 5.74) is 5.75. The number of halogens is 2. The third kappa shape index (κ3) is 9.96. The summed E-state index contributed by atoms with van der Waals surface area (Å²) in [6.45, 7) is 5.82. The Morgan fingerprint density at radius 1 is 1.00 bits per heavy atom. The van der Waals surface area contributed by atoms with E-state index in [1.165, 1.54) is 13.3 Å². The van der Waals surface area contributed by atoms with Gasteiger partial charge in [-0.15, -0.1) is 0 Å². The number of ether oxygens (including phenoxy) is 5. The summed E-state index contributed by atoms with van der Waals surface area (Å²) in [7, 11) is 1.27. The molecule has 0 bridgehead atoms. The van der Waals surface area contributed by atoms with E-state index in [9.17, 15) is 19.5 Å². The molecular weight excluding hydrogens is 768 g/mol. The number of aliphatic hydroxyl groups is 1. The highest BCUT2D eigenvalue weighted by Gasteiger charge is 2.32. The molecule has 0 aromatic heterocycles. The Morgan fingerprint density at radius 3 is 2.45 bits per heavy atom. The largest absolute Gasteiger partial charge is 0.490 e. The van der Waals surface area contributed by atoms with Crippen molar-refractivity contribution in [3.05, 3.63) is 97.1 Å². The van der Waals surface area contributed by atoms with Gasteiger partial charge in [0.25, 0.3) is 0 Å². The SMILES string of the molecule is CCOC(=O)c1ccc(COc2c(Br)cc(Br)cc2/C=N/N[C@H](O)COc2ccc([C@H]3NC(=O)NC(C)=C3C(=O)OC)cc2OCC)cc1. The Kier molecular flexibility index (Phi) is 13.4. The van der Waals surface area contributed by atoms with E-state index in [0.717, 1.165) is 10.0 Å². The number of rotatable bonds is 15. The molecule has 0 fully saturated rings. The monoisotopic (exact) mass is 802 g/mol. The van der Waals surface area contributed by atoms with E-state index in [1.807, 2.05) is 6.07 Å². The molecule has 0 unspecified atom stereocenters. The maximum atomic E-state index is 12.5. The van der Waals surface area contributed by atoms with Crippen molar-refractivity contribution in [2.45, 2.75) is 39.6 Å². The lowest BCUT2D eigenvalue weighted by molar-refractivity contribution is -0.136. The normalized spacial score (nSPS) is 14.8. The third-order valence-electron chi connectivity index (χ3n) is 6.98. The van der Waals surface area contributed by atoms with Gasteiger partial charge in [0.05, 0.1) is 48.2 Å². The number of carbonyl (C=O) groups excluding carboxylic acids is 3. The van der Waals surface area contributed by atoms with Crippen molar-refractivity contribution in [1.82, 2.24) is 16.1 Å². The van der Waals surface area contributed by atoms with E-state index in [4.69, 9.17) is 23.7 Å². The molecule has 0 saturated carbocycles. The van der Waals surface area contributed by atoms with Crippen molar-refractivity contribution in [2.24, 2.45) is 5.10 Å². The first-order valence-corrected chi connectivity index (χ1v) is 16.7. The van der Waals surface area contributed by atoms with Gasteiger partial charge in [-0.05, 0) is 84.2 Å². The zero-order valence-corrected chi connectivity index (χ0v) is 30.3. The summed E-state index contributed by atoms with van der Waals surface area (Å²) in [5.74, 6) is 0.225. The van der Waals surface area contributed by atoms with Crippen molar-refractivity contribution in [3.8, 4) is 17.2 Å². The molecule has 4 rings (SSSR count). The van der Waals surface area contributed by atoms with Crippen molar-refractivity contribution >= 4 is 56.0 Å². The number of methoxy groups -OCH3 is 1. The zero-order chi connectivity index (χ0) is 35.5. The number of aliphatic hydroxyl groups excluding tert-OH is 1. The van der Waals surface area contributed by atoms with Crippen molar-refractivity contribution in [1.29, 1.82) is 0 Å². The lowest BCUT2D eigenvalue weighted by atomic mass is 9.95. The van der Waals surface area contributed by atoms with Gasteiger partial charge in [-0.3, -0.25) is 5.43 Å².